The third-order valence-corrected chi connectivity index (χ3v) is 1.82. The Morgan fingerprint density at radius 3 is 0.600 bits per heavy atom. The van der Waals surface area contributed by atoms with Crippen LogP contribution >= 0.6 is 9.90 Å². The van der Waals surface area contributed by atoms with E-state index in [4.69, 9.17) is 0 Å². The van der Waals surface area contributed by atoms with Gasteiger partial charge in [-0.1, -0.05) is 0 Å². The molecule has 108 valence electrons. The van der Waals surface area contributed by atoms with Gasteiger partial charge in [0.25, 0.3) is 0 Å². The van der Waals surface area contributed by atoms with Crippen molar-refractivity contribution in [3.63, 3.8) is 0 Å². The average molecular weight is 460 g/mol. The SMILES string of the molecule is P.[Pt].[c-]1ccccc1.[c-]1ccccc1.[c-]1ccccc1. The van der Waals surface area contributed by atoms with Gasteiger partial charge in [-0.25, -0.2) is 0 Å². The number of rotatable bonds is 0. The minimum absolute atomic E-state index is 0. The summed E-state index contributed by atoms with van der Waals surface area (Å²) in [5.41, 5.74) is 0. The topological polar surface area (TPSA) is 0 Å². The van der Waals surface area contributed by atoms with E-state index >= 15 is 0 Å². The molecule has 0 nitrogen and oxygen atoms in total. The standard InChI is InChI=1S/3C6H5.H3P.Pt/c3*1-2-4-6-5-3-1;;/h3*1-5H;1H3;/q3*-1;;. The molecule has 0 aliphatic carbocycles. The van der Waals surface area contributed by atoms with Crippen LogP contribution in [0.25, 0.3) is 0 Å². The van der Waals surface area contributed by atoms with Crippen molar-refractivity contribution in [2.75, 3.05) is 0 Å². The summed E-state index contributed by atoms with van der Waals surface area (Å²) in [5.74, 6) is 0. The largest absolute Gasteiger partial charge is 0.184 e. The Hall–Kier alpha value is -1.22. The Balaban J connectivity index is 0. The Morgan fingerprint density at radius 1 is 0.350 bits per heavy atom. The normalized spacial score (nSPS) is 7.20. The molecule has 0 amide bonds. The fourth-order valence-corrected chi connectivity index (χ4v) is 1.03. The second-order valence-corrected chi connectivity index (χ2v) is 3.23. The zero-order valence-corrected chi connectivity index (χ0v) is 14.9. The summed E-state index contributed by atoms with van der Waals surface area (Å²) < 4.78 is 0. The molecule has 0 saturated heterocycles. The molecule has 20 heavy (non-hydrogen) atoms. The first-order chi connectivity index (χ1) is 9.00. The zero-order valence-electron chi connectivity index (χ0n) is 11.2. The second kappa shape index (κ2) is 17.8. The van der Waals surface area contributed by atoms with Crippen LogP contribution in [0.1, 0.15) is 0 Å². The first-order valence-corrected chi connectivity index (χ1v) is 5.73. The van der Waals surface area contributed by atoms with Crippen molar-refractivity contribution >= 4 is 9.90 Å². The number of benzene rings is 3. The van der Waals surface area contributed by atoms with Gasteiger partial charge in [-0.15, -0.1) is 0 Å². The minimum atomic E-state index is 0. The van der Waals surface area contributed by atoms with Crippen molar-refractivity contribution in [1.29, 1.82) is 0 Å². The van der Waals surface area contributed by atoms with Crippen LogP contribution in [0.15, 0.2) is 91.0 Å². The molecule has 1 unspecified atom stereocenters. The molecule has 0 heterocycles. The Bertz CT molecular complexity index is 302. The Labute approximate surface area is 140 Å². The van der Waals surface area contributed by atoms with E-state index in [0.29, 0.717) is 0 Å². The van der Waals surface area contributed by atoms with Crippen LogP contribution in [0, 0.1) is 18.2 Å². The third kappa shape index (κ3) is 14.8. The van der Waals surface area contributed by atoms with Crippen LogP contribution < -0.4 is 0 Å². The van der Waals surface area contributed by atoms with E-state index in [1.165, 1.54) is 0 Å². The van der Waals surface area contributed by atoms with Crippen LogP contribution in [-0.4, -0.2) is 0 Å². The summed E-state index contributed by atoms with van der Waals surface area (Å²) in [6.45, 7) is 0. The molecule has 0 aromatic heterocycles. The van der Waals surface area contributed by atoms with E-state index in [-0.39, 0.29) is 31.0 Å². The monoisotopic (exact) mass is 460 g/mol. The van der Waals surface area contributed by atoms with Crippen LogP contribution in [0.3, 0.4) is 0 Å². The van der Waals surface area contributed by atoms with Crippen molar-refractivity contribution in [2.24, 2.45) is 0 Å². The summed E-state index contributed by atoms with van der Waals surface area (Å²) in [4.78, 5) is 0. The van der Waals surface area contributed by atoms with Crippen LogP contribution in [0.5, 0.6) is 0 Å². The maximum absolute atomic E-state index is 2.89. The first kappa shape index (κ1) is 21.1. The maximum atomic E-state index is 2.89. The predicted molar refractivity (Wildman–Crippen MR) is 86.9 cm³/mol. The molecule has 0 saturated carbocycles. The van der Waals surface area contributed by atoms with E-state index in [2.05, 4.69) is 18.2 Å². The molecule has 0 spiro atoms. The fraction of sp³-hybridized carbons (Fsp3) is 0. The third-order valence-electron chi connectivity index (χ3n) is 1.82. The Morgan fingerprint density at radius 2 is 0.550 bits per heavy atom. The molecule has 0 radical (unpaired) electrons. The van der Waals surface area contributed by atoms with Gasteiger partial charge in [0.05, 0.1) is 0 Å². The van der Waals surface area contributed by atoms with Gasteiger partial charge < -0.3 is 0 Å². The maximum Gasteiger partial charge on any atom is 0 e. The molecule has 0 N–H and O–H groups in total. The van der Waals surface area contributed by atoms with Crippen molar-refractivity contribution in [3.05, 3.63) is 109 Å². The van der Waals surface area contributed by atoms with Crippen molar-refractivity contribution in [3.8, 4) is 0 Å². The number of hydrogen-bond donors (Lipinski definition) is 0. The smallest absolute Gasteiger partial charge is 0 e. The molecule has 3 rings (SSSR count). The van der Waals surface area contributed by atoms with Gasteiger partial charge in [0.15, 0.2) is 0 Å². The van der Waals surface area contributed by atoms with E-state index < -0.39 is 0 Å². The van der Waals surface area contributed by atoms with E-state index in [1.807, 2.05) is 91.0 Å². The summed E-state index contributed by atoms with van der Waals surface area (Å²) in [5, 5.41) is 0. The molecular weight excluding hydrogens is 442 g/mol. The minimum Gasteiger partial charge on any atom is -0.184 e. The van der Waals surface area contributed by atoms with E-state index in [9.17, 15) is 0 Å². The molecule has 0 aliphatic rings. The van der Waals surface area contributed by atoms with Crippen LogP contribution in [0.2, 0.25) is 0 Å². The molecule has 0 aliphatic heterocycles. The van der Waals surface area contributed by atoms with Gasteiger partial charge in [-0.3, -0.25) is 0 Å². The molecule has 1 atom stereocenters. The summed E-state index contributed by atoms with van der Waals surface area (Å²) in [6, 6.07) is 37.5. The molecule has 3 aromatic rings. The zero-order chi connectivity index (χ0) is 12.7. The predicted octanol–water partition coefficient (Wildman–Crippen LogP) is 4.52. The van der Waals surface area contributed by atoms with Crippen LogP contribution in [0.4, 0.5) is 0 Å². The van der Waals surface area contributed by atoms with Gasteiger partial charge in [0, 0.05) is 21.1 Å². The van der Waals surface area contributed by atoms with Gasteiger partial charge in [0.1, 0.15) is 0 Å². The van der Waals surface area contributed by atoms with E-state index in [1.54, 1.807) is 0 Å². The van der Waals surface area contributed by atoms with Crippen molar-refractivity contribution in [2.45, 2.75) is 0 Å². The fourth-order valence-electron chi connectivity index (χ4n) is 1.03. The second-order valence-electron chi connectivity index (χ2n) is 3.23. The molecular formula is C18H18PPt-3. The van der Waals surface area contributed by atoms with Gasteiger partial charge in [-0.05, 0) is 0 Å². The summed E-state index contributed by atoms with van der Waals surface area (Å²) in [7, 11) is 0. The Kier molecular flexibility index (Phi) is 18.7. The van der Waals surface area contributed by atoms with E-state index in [0.717, 1.165) is 0 Å². The average Bonchev–Trinajstić information content (AvgIpc) is 2.54. The molecule has 2 heteroatoms. The van der Waals surface area contributed by atoms with Crippen molar-refractivity contribution in [1.82, 2.24) is 0 Å². The quantitative estimate of drug-likeness (QED) is 0.342. The van der Waals surface area contributed by atoms with Crippen LogP contribution in [-0.2, 0) is 21.1 Å². The van der Waals surface area contributed by atoms with Gasteiger partial charge in [-0.2, -0.15) is 119 Å². The first-order valence-electron chi connectivity index (χ1n) is 5.73. The molecule has 0 fully saturated rings. The molecule has 0 bridgehead atoms. The van der Waals surface area contributed by atoms with Crippen molar-refractivity contribution < 1.29 is 21.1 Å². The number of hydrogen-bond acceptors (Lipinski definition) is 0. The van der Waals surface area contributed by atoms with Gasteiger partial charge >= 0.3 is 0 Å². The summed E-state index contributed by atoms with van der Waals surface area (Å²) in [6.07, 6.45) is 0. The summed E-state index contributed by atoms with van der Waals surface area (Å²) >= 11 is 0. The van der Waals surface area contributed by atoms with Gasteiger partial charge in [0.2, 0.25) is 0 Å². The molecule has 3 aromatic carbocycles.